The number of para-hydroxylation sites is 1. The Hall–Kier alpha value is -2.69. The molecule has 0 radical (unpaired) electrons. The van der Waals surface area contributed by atoms with Crippen LogP contribution in [0.2, 0.25) is 0 Å². The van der Waals surface area contributed by atoms with Crippen molar-refractivity contribution >= 4 is 5.91 Å². The second-order valence-electron chi connectivity index (χ2n) is 6.57. The minimum Gasteiger partial charge on any atom is -0.493 e. The summed E-state index contributed by atoms with van der Waals surface area (Å²) in [6, 6.07) is 12.8. The van der Waals surface area contributed by atoms with E-state index in [2.05, 4.69) is 5.32 Å². The largest absolute Gasteiger partial charge is 0.493 e. The molecule has 0 unspecified atom stereocenters. The first kappa shape index (κ1) is 18.6. The minimum absolute atomic E-state index is 0.188. The zero-order valence-corrected chi connectivity index (χ0v) is 15.4. The number of hydrogen-bond acceptors (Lipinski definition) is 4. The summed E-state index contributed by atoms with van der Waals surface area (Å²) in [5.41, 5.74) is 1.13. The molecule has 0 aliphatic carbocycles. The van der Waals surface area contributed by atoms with Gasteiger partial charge in [-0.25, -0.2) is 0 Å². The third-order valence-electron chi connectivity index (χ3n) is 3.47. The van der Waals surface area contributed by atoms with Crippen molar-refractivity contribution in [3.05, 3.63) is 53.6 Å². The number of amides is 1. The van der Waals surface area contributed by atoms with Crippen molar-refractivity contribution in [1.29, 1.82) is 0 Å². The Morgan fingerprint density at radius 3 is 2.28 bits per heavy atom. The molecule has 0 spiro atoms. The minimum atomic E-state index is -0.302. The van der Waals surface area contributed by atoms with E-state index in [1.807, 2.05) is 45.0 Å². The van der Waals surface area contributed by atoms with E-state index in [0.29, 0.717) is 23.6 Å². The standard InChI is InChI=1S/C20H25NO4/c1-20(2,3)25-16-9-7-6-8-15(16)13-21-19(22)14-10-11-17(23-4)18(12-14)24-5/h6-12H,13H2,1-5H3,(H,21,22). The van der Waals surface area contributed by atoms with Gasteiger partial charge in [-0.1, -0.05) is 18.2 Å². The molecule has 1 N–H and O–H groups in total. The van der Waals surface area contributed by atoms with E-state index in [4.69, 9.17) is 14.2 Å². The Labute approximate surface area is 148 Å². The fourth-order valence-corrected chi connectivity index (χ4v) is 2.33. The summed E-state index contributed by atoms with van der Waals surface area (Å²) in [7, 11) is 3.10. The first-order valence-electron chi connectivity index (χ1n) is 8.11. The van der Waals surface area contributed by atoms with Crippen LogP contribution in [0.5, 0.6) is 17.2 Å². The maximum absolute atomic E-state index is 12.4. The van der Waals surface area contributed by atoms with Crippen LogP contribution >= 0.6 is 0 Å². The van der Waals surface area contributed by atoms with Crippen LogP contribution in [-0.4, -0.2) is 25.7 Å². The lowest BCUT2D eigenvalue weighted by Crippen LogP contribution is -2.26. The van der Waals surface area contributed by atoms with Crippen molar-refractivity contribution in [3.8, 4) is 17.2 Å². The molecule has 0 aliphatic rings. The van der Waals surface area contributed by atoms with Crippen molar-refractivity contribution in [2.45, 2.75) is 32.9 Å². The number of ether oxygens (including phenoxy) is 3. The smallest absolute Gasteiger partial charge is 0.251 e. The van der Waals surface area contributed by atoms with E-state index in [-0.39, 0.29) is 11.5 Å². The van der Waals surface area contributed by atoms with Crippen LogP contribution in [0, 0.1) is 0 Å². The summed E-state index contributed by atoms with van der Waals surface area (Å²) < 4.78 is 16.4. The lowest BCUT2D eigenvalue weighted by Gasteiger charge is -2.23. The van der Waals surface area contributed by atoms with Crippen LogP contribution < -0.4 is 19.5 Å². The Morgan fingerprint density at radius 1 is 0.960 bits per heavy atom. The van der Waals surface area contributed by atoms with Crippen molar-refractivity contribution in [1.82, 2.24) is 5.32 Å². The van der Waals surface area contributed by atoms with Gasteiger partial charge in [-0.15, -0.1) is 0 Å². The summed E-state index contributed by atoms with van der Waals surface area (Å²) in [6.45, 7) is 6.35. The highest BCUT2D eigenvalue weighted by Crippen LogP contribution is 2.28. The first-order valence-corrected chi connectivity index (χ1v) is 8.11. The van der Waals surface area contributed by atoms with E-state index >= 15 is 0 Å². The number of benzene rings is 2. The molecular weight excluding hydrogens is 318 g/mol. The molecule has 0 aliphatic heterocycles. The molecule has 0 aromatic heterocycles. The van der Waals surface area contributed by atoms with Crippen LogP contribution in [0.3, 0.4) is 0 Å². The predicted molar refractivity (Wildman–Crippen MR) is 97.5 cm³/mol. The molecular formula is C20H25NO4. The summed E-state index contributed by atoms with van der Waals surface area (Å²) in [5.74, 6) is 1.68. The van der Waals surface area contributed by atoms with Gasteiger partial charge >= 0.3 is 0 Å². The molecule has 2 aromatic rings. The average Bonchev–Trinajstić information content (AvgIpc) is 2.58. The molecule has 1 amide bonds. The third kappa shape index (κ3) is 5.14. The normalized spacial score (nSPS) is 10.9. The number of rotatable bonds is 6. The molecule has 5 heteroatoms. The van der Waals surface area contributed by atoms with Gasteiger partial charge < -0.3 is 19.5 Å². The second-order valence-corrected chi connectivity index (χ2v) is 6.57. The van der Waals surface area contributed by atoms with Gasteiger partial charge in [0.25, 0.3) is 5.91 Å². The quantitative estimate of drug-likeness (QED) is 0.866. The van der Waals surface area contributed by atoms with Gasteiger partial charge in [-0.05, 0) is 45.0 Å². The highest BCUT2D eigenvalue weighted by molar-refractivity contribution is 5.94. The Kier molecular flexibility index (Phi) is 5.91. The molecule has 134 valence electrons. The van der Waals surface area contributed by atoms with E-state index < -0.39 is 0 Å². The van der Waals surface area contributed by atoms with Gasteiger partial charge in [0.15, 0.2) is 11.5 Å². The van der Waals surface area contributed by atoms with Crippen molar-refractivity contribution in [2.24, 2.45) is 0 Å². The van der Waals surface area contributed by atoms with E-state index in [1.54, 1.807) is 32.4 Å². The highest BCUT2D eigenvalue weighted by atomic mass is 16.5. The maximum atomic E-state index is 12.4. The van der Waals surface area contributed by atoms with Crippen LogP contribution in [0.15, 0.2) is 42.5 Å². The molecule has 0 fully saturated rings. The molecule has 2 rings (SSSR count). The van der Waals surface area contributed by atoms with Gasteiger partial charge in [-0.3, -0.25) is 4.79 Å². The monoisotopic (exact) mass is 343 g/mol. The maximum Gasteiger partial charge on any atom is 0.251 e. The predicted octanol–water partition coefficient (Wildman–Crippen LogP) is 3.81. The Morgan fingerprint density at radius 2 is 1.64 bits per heavy atom. The van der Waals surface area contributed by atoms with Gasteiger partial charge in [0, 0.05) is 17.7 Å². The molecule has 0 saturated carbocycles. The van der Waals surface area contributed by atoms with E-state index in [0.717, 1.165) is 11.3 Å². The number of methoxy groups -OCH3 is 2. The fraction of sp³-hybridized carbons (Fsp3) is 0.350. The fourth-order valence-electron chi connectivity index (χ4n) is 2.33. The molecule has 0 atom stereocenters. The van der Waals surface area contributed by atoms with Gasteiger partial charge in [-0.2, -0.15) is 0 Å². The second kappa shape index (κ2) is 7.92. The average molecular weight is 343 g/mol. The van der Waals surface area contributed by atoms with Crippen molar-refractivity contribution < 1.29 is 19.0 Å². The number of hydrogen-bond donors (Lipinski definition) is 1. The van der Waals surface area contributed by atoms with Crippen LogP contribution in [0.1, 0.15) is 36.7 Å². The number of carbonyl (C=O) groups is 1. The lowest BCUT2D eigenvalue weighted by molar-refractivity contribution is 0.0949. The zero-order chi connectivity index (χ0) is 18.4. The summed E-state index contributed by atoms with van der Waals surface area (Å²) in [5, 5.41) is 2.91. The molecule has 0 heterocycles. The van der Waals surface area contributed by atoms with Crippen LogP contribution in [0.25, 0.3) is 0 Å². The van der Waals surface area contributed by atoms with Crippen molar-refractivity contribution in [2.75, 3.05) is 14.2 Å². The van der Waals surface area contributed by atoms with Gasteiger partial charge in [0.05, 0.1) is 14.2 Å². The Balaban J connectivity index is 2.10. The summed E-state index contributed by atoms with van der Waals surface area (Å²) in [6.07, 6.45) is 0. The Bertz CT molecular complexity index is 735. The third-order valence-corrected chi connectivity index (χ3v) is 3.47. The number of carbonyl (C=O) groups excluding carboxylic acids is 1. The molecule has 25 heavy (non-hydrogen) atoms. The lowest BCUT2D eigenvalue weighted by atomic mass is 10.1. The van der Waals surface area contributed by atoms with Crippen molar-refractivity contribution in [3.63, 3.8) is 0 Å². The van der Waals surface area contributed by atoms with Gasteiger partial charge in [0.2, 0.25) is 0 Å². The molecule has 0 bridgehead atoms. The van der Waals surface area contributed by atoms with Crippen LogP contribution in [-0.2, 0) is 6.54 Å². The first-order chi connectivity index (χ1) is 11.8. The van der Waals surface area contributed by atoms with E-state index in [1.165, 1.54) is 0 Å². The van der Waals surface area contributed by atoms with E-state index in [9.17, 15) is 4.79 Å². The molecule has 5 nitrogen and oxygen atoms in total. The molecule has 0 saturated heterocycles. The summed E-state index contributed by atoms with van der Waals surface area (Å²) in [4.78, 5) is 12.4. The topological polar surface area (TPSA) is 56.8 Å². The number of nitrogens with one attached hydrogen (secondary N) is 1. The molecule has 2 aromatic carbocycles. The van der Waals surface area contributed by atoms with Gasteiger partial charge in [0.1, 0.15) is 11.4 Å². The highest BCUT2D eigenvalue weighted by Gasteiger charge is 2.15. The summed E-state index contributed by atoms with van der Waals surface area (Å²) >= 11 is 0. The SMILES string of the molecule is COc1ccc(C(=O)NCc2ccccc2OC(C)(C)C)cc1OC. The van der Waals surface area contributed by atoms with Crippen LogP contribution in [0.4, 0.5) is 0 Å². The zero-order valence-electron chi connectivity index (χ0n) is 15.4.